The minimum absolute atomic E-state index is 0.0374. The van der Waals surface area contributed by atoms with Crippen molar-refractivity contribution in [3.8, 4) is 11.4 Å². The van der Waals surface area contributed by atoms with Gasteiger partial charge in [-0.05, 0) is 24.1 Å². The predicted octanol–water partition coefficient (Wildman–Crippen LogP) is 3.85. The Morgan fingerprint density at radius 3 is 2.79 bits per heavy atom. The molecular formula is C21H19N3O4S. The van der Waals surface area contributed by atoms with Crippen molar-refractivity contribution in [1.29, 1.82) is 0 Å². The first kappa shape index (κ1) is 19.2. The van der Waals surface area contributed by atoms with Crippen LogP contribution in [-0.2, 0) is 27.4 Å². The first-order valence-electron chi connectivity index (χ1n) is 9.26. The molecule has 1 aromatic heterocycles. The van der Waals surface area contributed by atoms with Gasteiger partial charge in [-0.25, -0.2) is 0 Å². The summed E-state index contributed by atoms with van der Waals surface area (Å²) in [6, 6.07) is 15.4. The highest BCUT2D eigenvalue weighted by atomic mass is 32.2. The van der Waals surface area contributed by atoms with Crippen LogP contribution in [0.4, 0.5) is 5.69 Å². The van der Waals surface area contributed by atoms with Gasteiger partial charge in [-0.2, -0.15) is 4.98 Å². The molecule has 0 fully saturated rings. The Morgan fingerprint density at radius 2 is 2.00 bits per heavy atom. The van der Waals surface area contributed by atoms with Crippen molar-refractivity contribution in [2.45, 2.75) is 36.5 Å². The SMILES string of the molecule is CCc1ccc(-c2noc(COC(=O)C[C@H]3Sc4ccccc4NC3=O)n2)cc1. The Bertz CT molecular complexity index is 1030. The molecule has 0 unspecified atom stereocenters. The molecule has 29 heavy (non-hydrogen) atoms. The molecule has 2 aromatic carbocycles. The maximum Gasteiger partial charge on any atom is 0.307 e. The minimum atomic E-state index is -0.535. The number of aromatic nitrogens is 2. The van der Waals surface area contributed by atoms with Gasteiger partial charge < -0.3 is 14.6 Å². The number of hydrogen-bond donors (Lipinski definition) is 1. The highest BCUT2D eigenvalue weighted by Gasteiger charge is 2.29. The fourth-order valence-corrected chi connectivity index (χ4v) is 3.99. The molecule has 7 nitrogen and oxygen atoms in total. The van der Waals surface area contributed by atoms with Gasteiger partial charge in [0.2, 0.25) is 11.7 Å². The van der Waals surface area contributed by atoms with Gasteiger partial charge in [0, 0.05) is 10.5 Å². The minimum Gasteiger partial charge on any atom is -0.456 e. The molecule has 0 saturated heterocycles. The van der Waals surface area contributed by atoms with Crippen LogP contribution in [0.2, 0.25) is 0 Å². The summed E-state index contributed by atoms with van der Waals surface area (Å²) in [6.45, 7) is 1.96. The third kappa shape index (κ3) is 4.48. The topological polar surface area (TPSA) is 94.3 Å². The van der Waals surface area contributed by atoms with Gasteiger partial charge in [0.1, 0.15) is 0 Å². The maximum atomic E-state index is 12.2. The normalized spacial score (nSPS) is 15.5. The van der Waals surface area contributed by atoms with Crippen LogP contribution in [0.5, 0.6) is 0 Å². The molecule has 3 aromatic rings. The van der Waals surface area contributed by atoms with E-state index < -0.39 is 11.2 Å². The standard InChI is InChI=1S/C21H19N3O4S/c1-2-13-7-9-14(10-8-13)20-23-18(28-24-20)12-27-19(25)11-17-21(26)22-15-5-3-4-6-16(15)29-17/h3-10,17H,2,11-12H2,1H3,(H,22,26)/t17-/m1/s1. The molecule has 4 rings (SSSR count). The first-order chi connectivity index (χ1) is 14.1. The quantitative estimate of drug-likeness (QED) is 0.618. The zero-order valence-corrected chi connectivity index (χ0v) is 16.6. The van der Waals surface area contributed by atoms with E-state index in [2.05, 4.69) is 22.4 Å². The van der Waals surface area contributed by atoms with E-state index in [0.29, 0.717) is 5.82 Å². The number of amides is 1. The number of hydrogen-bond acceptors (Lipinski definition) is 7. The Morgan fingerprint density at radius 1 is 1.21 bits per heavy atom. The summed E-state index contributed by atoms with van der Waals surface area (Å²) in [5.74, 6) is -0.0538. The first-order valence-corrected chi connectivity index (χ1v) is 10.1. The van der Waals surface area contributed by atoms with Crippen LogP contribution >= 0.6 is 11.8 Å². The molecule has 1 aliphatic heterocycles. The molecule has 148 valence electrons. The highest BCUT2D eigenvalue weighted by Crippen LogP contribution is 2.36. The van der Waals surface area contributed by atoms with Crippen molar-refractivity contribution in [3.05, 3.63) is 60.0 Å². The van der Waals surface area contributed by atoms with Gasteiger partial charge in [-0.15, -0.1) is 11.8 Å². The average Bonchev–Trinajstić information content (AvgIpc) is 3.22. The summed E-state index contributed by atoms with van der Waals surface area (Å²) in [5.41, 5.74) is 2.81. The molecule has 0 saturated carbocycles. The van der Waals surface area contributed by atoms with E-state index in [1.54, 1.807) is 0 Å². The van der Waals surface area contributed by atoms with E-state index in [0.717, 1.165) is 22.6 Å². The molecule has 1 atom stereocenters. The second-order valence-electron chi connectivity index (χ2n) is 6.52. The number of nitrogens with zero attached hydrogens (tertiary/aromatic N) is 2. The van der Waals surface area contributed by atoms with Crippen LogP contribution in [-0.4, -0.2) is 27.3 Å². The Labute approximate surface area is 171 Å². The van der Waals surface area contributed by atoms with E-state index in [1.807, 2.05) is 48.5 Å². The molecule has 0 radical (unpaired) electrons. The molecule has 0 aliphatic carbocycles. The summed E-state index contributed by atoms with van der Waals surface area (Å²) >= 11 is 1.36. The van der Waals surface area contributed by atoms with Crippen LogP contribution in [0.1, 0.15) is 24.8 Å². The lowest BCUT2D eigenvalue weighted by Crippen LogP contribution is -2.31. The van der Waals surface area contributed by atoms with E-state index in [9.17, 15) is 9.59 Å². The molecule has 2 heterocycles. The van der Waals surface area contributed by atoms with E-state index in [1.165, 1.54) is 17.3 Å². The molecular weight excluding hydrogens is 390 g/mol. The number of carbonyl (C=O) groups excluding carboxylic acids is 2. The lowest BCUT2D eigenvalue weighted by Gasteiger charge is -2.23. The molecule has 0 bridgehead atoms. The van der Waals surface area contributed by atoms with Crippen LogP contribution in [0.15, 0.2) is 57.9 Å². The number of benzene rings is 2. The Hall–Kier alpha value is -3.13. The lowest BCUT2D eigenvalue weighted by atomic mass is 10.1. The summed E-state index contributed by atoms with van der Waals surface area (Å²) < 4.78 is 10.4. The zero-order chi connectivity index (χ0) is 20.2. The van der Waals surface area contributed by atoms with E-state index in [-0.39, 0.29) is 24.8 Å². The van der Waals surface area contributed by atoms with Gasteiger partial charge in [0.15, 0.2) is 6.61 Å². The predicted molar refractivity (Wildman–Crippen MR) is 108 cm³/mol. The molecule has 1 aliphatic rings. The van der Waals surface area contributed by atoms with Crippen molar-refractivity contribution >= 4 is 29.3 Å². The number of nitrogens with one attached hydrogen (secondary N) is 1. The zero-order valence-electron chi connectivity index (χ0n) is 15.8. The summed E-state index contributed by atoms with van der Waals surface area (Å²) in [4.78, 5) is 29.6. The molecule has 8 heteroatoms. The van der Waals surface area contributed by atoms with E-state index in [4.69, 9.17) is 9.26 Å². The van der Waals surface area contributed by atoms with Crippen LogP contribution in [0.25, 0.3) is 11.4 Å². The van der Waals surface area contributed by atoms with Crippen molar-refractivity contribution in [2.24, 2.45) is 0 Å². The van der Waals surface area contributed by atoms with Gasteiger partial charge in [0.05, 0.1) is 17.4 Å². The number of rotatable bonds is 6. The summed E-state index contributed by atoms with van der Waals surface area (Å²) in [5, 5.41) is 6.20. The van der Waals surface area contributed by atoms with Crippen LogP contribution in [0.3, 0.4) is 0 Å². The Balaban J connectivity index is 1.32. The summed E-state index contributed by atoms with van der Waals surface area (Å²) in [7, 11) is 0. The fourth-order valence-electron chi connectivity index (χ4n) is 2.90. The Kier molecular flexibility index (Phi) is 5.62. The van der Waals surface area contributed by atoms with Crippen molar-refractivity contribution in [3.63, 3.8) is 0 Å². The van der Waals surface area contributed by atoms with Crippen molar-refractivity contribution in [2.75, 3.05) is 5.32 Å². The van der Waals surface area contributed by atoms with Gasteiger partial charge in [0.25, 0.3) is 5.89 Å². The molecule has 1 amide bonds. The van der Waals surface area contributed by atoms with Crippen LogP contribution in [0, 0.1) is 0 Å². The van der Waals surface area contributed by atoms with Crippen molar-refractivity contribution < 1.29 is 18.8 Å². The highest BCUT2D eigenvalue weighted by molar-refractivity contribution is 8.01. The van der Waals surface area contributed by atoms with Crippen LogP contribution < -0.4 is 5.32 Å². The molecule has 1 N–H and O–H groups in total. The fraction of sp³-hybridized carbons (Fsp3) is 0.238. The van der Waals surface area contributed by atoms with Gasteiger partial charge in [-0.3, -0.25) is 9.59 Å². The third-order valence-corrected chi connectivity index (χ3v) is 5.78. The number of anilines is 1. The monoisotopic (exact) mass is 409 g/mol. The van der Waals surface area contributed by atoms with E-state index >= 15 is 0 Å². The number of ether oxygens (including phenoxy) is 1. The number of aryl methyl sites for hydroxylation is 1. The number of carbonyl (C=O) groups is 2. The second kappa shape index (κ2) is 8.48. The number of thioether (sulfide) groups is 1. The number of para-hydroxylation sites is 1. The number of fused-ring (bicyclic) bond motifs is 1. The lowest BCUT2D eigenvalue weighted by molar-refractivity contribution is -0.146. The van der Waals surface area contributed by atoms with Gasteiger partial charge >= 0.3 is 5.97 Å². The summed E-state index contributed by atoms with van der Waals surface area (Å²) in [6.07, 6.45) is 0.918. The number of esters is 1. The third-order valence-electron chi connectivity index (χ3n) is 4.50. The largest absolute Gasteiger partial charge is 0.456 e. The van der Waals surface area contributed by atoms with Crippen molar-refractivity contribution in [1.82, 2.24) is 10.1 Å². The average molecular weight is 409 g/mol. The van der Waals surface area contributed by atoms with Gasteiger partial charge in [-0.1, -0.05) is 48.5 Å². The second-order valence-corrected chi connectivity index (χ2v) is 7.76. The maximum absolute atomic E-state index is 12.2. The molecule has 0 spiro atoms. The smallest absolute Gasteiger partial charge is 0.307 e.